The first kappa shape index (κ1) is 9.51. The lowest BCUT2D eigenvalue weighted by molar-refractivity contribution is 0.678. The number of hydrogen-bond acceptors (Lipinski definition) is 2. The van der Waals surface area contributed by atoms with Crippen molar-refractivity contribution >= 4 is 0 Å². The molecule has 0 amide bonds. The molecule has 0 saturated heterocycles. The third kappa shape index (κ3) is 4.10. The average Bonchev–Trinajstić information content (AvgIpc) is 2.79. The fourth-order valence-corrected chi connectivity index (χ4v) is 0.892. The zero-order valence-electron chi connectivity index (χ0n) is 7.72. The maximum atomic E-state index is 3.90. The van der Waals surface area contributed by atoms with Crippen molar-refractivity contribution < 1.29 is 0 Å². The second-order valence-corrected chi connectivity index (χ2v) is 2.56. The van der Waals surface area contributed by atoms with Gasteiger partial charge in [-0.15, -0.1) is 0 Å². The van der Waals surface area contributed by atoms with Crippen LogP contribution in [0.3, 0.4) is 0 Å². The van der Waals surface area contributed by atoms with Crippen LogP contribution in [0, 0.1) is 0 Å². The van der Waals surface area contributed by atoms with Gasteiger partial charge in [-0.2, -0.15) is 0 Å². The Morgan fingerprint density at radius 1 is 1.31 bits per heavy atom. The lowest BCUT2D eigenvalue weighted by atomic mass is 10.5. The van der Waals surface area contributed by atoms with E-state index in [1.165, 1.54) is 6.42 Å². The molecule has 0 aliphatic carbocycles. The predicted molar refractivity (Wildman–Crippen MR) is 51.1 cm³/mol. The normalized spacial score (nSPS) is 9.00. The van der Waals surface area contributed by atoms with Gasteiger partial charge in [0.1, 0.15) is 0 Å². The van der Waals surface area contributed by atoms with Crippen LogP contribution in [0.25, 0.3) is 0 Å². The number of imidazole rings is 2. The van der Waals surface area contributed by atoms with E-state index in [4.69, 9.17) is 0 Å². The number of H-pyrrole nitrogens is 1. The van der Waals surface area contributed by atoms with Crippen LogP contribution < -0.4 is 0 Å². The number of rotatable bonds is 2. The fourth-order valence-electron chi connectivity index (χ4n) is 0.892. The highest BCUT2D eigenvalue weighted by molar-refractivity contribution is 4.73. The number of aromatic amines is 1. The van der Waals surface area contributed by atoms with E-state index in [0.29, 0.717) is 0 Å². The molecule has 70 valence electrons. The first-order valence-electron chi connectivity index (χ1n) is 4.32. The minimum atomic E-state index is 1.08. The second-order valence-electron chi connectivity index (χ2n) is 2.56. The van der Waals surface area contributed by atoms with Crippen molar-refractivity contribution in [1.82, 2.24) is 19.5 Å². The second kappa shape index (κ2) is 5.99. The van der Waals surface area contributed by atoms with E-state index in [-0.39, 0.29) is 0 Å². The van der Waals surface area contributed by atoms with Gasteiger partial charge in [-0.3, -0.25) is 0 Å². The molecule has 0 aromatic carbocycles. The topological polar surface area (TPSA) is 46.5 Å². The molecule has 0 unspecified atom stereocenters. The van der Waals surface area contributed by atoms with Crippen LogP contribution in [0.1, 0.15) is 13.3 Å². The fraction of sp³-hybridized carbons (Fsp3) is 0.333. The van der Waals surface area contributed by atoms with Crippen molar-refractivity contribution in [2.45, 2.75) is 19.9 Å². The Hall–Kier alpha value is -1.58. The van der Waals surface area contributed by atoms with E-state index in [2.05, 4.69) is 26.4 Å². The minimum absolute atomic E-state index is 1.08. The van der Waals surface area contributed by atoms with E-state index in [1.807, 2.05) is 12.5 Å². The summed E-state index contributed by atoms with van der Waals surface area (Å²) in [4.78, 5) is 10.3. The summed E-state index contributed by atoms with van der Waals surface area (Å²) >= 11 is 0. The van der Waals surface area contributed by atoms with Crippen molar-refractivity contribution in [2.24, 2.45) is 0 Å². The monoisotopic (exact) mass is 178 g/mol. The zero-order chi connectivity index (χ0) is 9.36. The molecule has 0 atom stereocenters. The molecule has 2 aromatic rings. The van der Waals surface area contributed by atoms with Crippen LogP contribution >= 0.6 is 0 Å². The summed E-state index contributed by atoms with van der Waals surface area (Å²) in [5, 5.41) is 0. The molecule has 0 aliphatic heterocycles. The van der Waals surface area contributed by atoms with Gasteiger partial charge >= 0.3 is 0 Å². The summed E-state index contributed by atoms with van der Waals surface area (Å²) in [5.41, 5.74) is 0. The molecule has 2 aromatic heterocycles. The van der Waals surface area contributed by atoms with Gasteiger partial charge in [0, 0.05) is 31.3 Å². The summed E-state index contributed by atoms with van der Waals surface area (Å²) in [7, 11) is 0. The highest BCUT2D eigenvalue weighted by atomic mass is 15.0. The number of aromatic nitrogens is 4. The van der Waals surface area contributed by atoms with Gasteiger partial charge in [-0.25, -0.2) is 9.97 Å². The Labute approximate surface area is 77.7 Å². The van der Waals surface area contributed by atoms with E-state index in [1.54, 1.807) is 24.9 Å². The number of hydrogen-bond donors (Lipinski definition) is 1. The van der Waals surface area contributed by atoms with Crippen LogP contribution in [0.5, 0.6) is 0 Å². The summed E-state index contributed by atoms with van der Waals surface area (Å²) in [6.45, 7) is 3.24. The molecule has 4 heteroatoms. The molecule has 2 heterocycles. The maximum Gasteiger partial charge on any atom is 0.0945 e. The van der Waals surface area contributed by atoms with Crippen molar-refractivity contribution in [3.8, 4) is 0 Å². The third-order valence-corrected chi connectivity index (χ3v) is 1.45. The Kier molecular flexibility index (Phi) is 4.38. The van der Waals surface area contributed by atoms with Crippen molar-refractivity contribution in [3.05, 3.63) is 37.4 Å². The third-order valence-electron chi connectivity index (χ3n) is 1.45. The average molecular weight is 178 g/mol. The molecule has 1 N–H and O–H groups in total. The molecular formula is C9H14N4. The van der Waals surface area contributed by atoms with E-state index in [0.717, 1.165) is 6.54 Å². The molecule has 0 bridgehead atoms. The Bertz CT molecular complexity index is 255. The van der Waals surface area contributed by atoms with Crippen LogP contribution in [0.4, 0.5) is 0 Å². The van der Waals surface area contributed by atoms with Crippen molar-refractivity contribution in [3.63, 3.8) is 0 Å². The van der Waals surface area contributed by atoms with Crippen LogP contribution in [-0.2, 0) is 6.54 Å². The van der Waals surface area contributed by atoms with Crippen molar-refractivity contribution in [1.29, 1.82) is 0 Å². The van der Waals surface area contributed by atoms with Gasteiger partial charge in [0.05, 0.1) is 12.7 Å². The minimum Gasteiger partial charge on any atom is -0.351 e. The molecular weight excluding hydrogens is 164 g/mol. The smallest absolute Gasteiger partial charge is 0.0945 e. The van der Waals surface area contributed by atoms with E-state index >= 15 is 0 Å². The molecule has 0 saturated carbocycles. The summed E-state index contributed by atoms with van der Waals surface area (Å²) in [5.74, 6) is 0. The number of nitrogens with zero attached hydrogens (tertiary/aromatic N) is 3. The molecule has 0 radical (unpaired) electrons. The standard InChI is InChI=1S/C6H10N2.C3H4N2/c1-2-4-8-5-3-7-6-8;1-2-5-3-4-1/h3,5-6H,2,4H2,1H3;1-3H,(H,4,5). The van der Waals surface area contributed by atoms with Gasteiger partial charge < -0.3 is 9.55 Å². The quantitative estimate of drug-likeness (QED) is 0.760. The number of nitrogens with one attached hydrogen (secondary N) is 1. The lowest BCUT2D eigenvalue weighted by Gasteiger charge is -1.93. The summed E-state index contributed by atoms with van der Waals surface area (Å²) in [6.07, 6.45) is 11.9. The predicted octanol–water partition coefficient (Wildman–Crippen LogP) is 1.70. The van der Waals surface area contributed by atoms with Gasteiger partial charge in [0.2, 0.25) is 0 Å². The number of aryl methyl sites for hydroxylation is 1. The molecule has 2 rings (SSSR count). The highest BCUT2D eigenvalue weighted by Crippen LogP contribution is 1.87. The summed E-state index contributed by atoms with van der Waals surface area (Å²) in [6, 6.07) is 0. The zero-order valence-corrected chi connectivity index (χ0v) is 7.72. The van der Waals surface area contributed by atoms with Crippen LogP contribution in [-0.4, -0.2) is 19.5 Å². The maximum absolute atomic E-state index is 3.90. The molecule has 4 nitrogen and oxygen atoms in total. The summed E-state index contributed by atoms with van der Waals surface area (Å²) < 4.78 is 2.07. The van der Waals surface area contributed by atoms with Gasteiger partial charge in [0.25, 0.3) is 0 Å². The van der Waals surface area contributed by atoms with Crippen LogP contribution in [0.2, 0.25) is 0 Å². The highest BCUT2D eigenvalue weighted by Gasteiger charge is 1.81. The first-order chi connectivity index (χ1) is 6.43. The van der Waals surface area contributed by atoms with Gasteiger partial charge in [-0.05, 0) is 6.42 Å². The molecule has 0 fully saturated rings. The van der Waals surface area contributed by atoms with Gasteiger partial charge in [0.15, 0.2) is 0 Å². The largest absolute Gasteiger partial charge is 0.351 e. The van der Waals surface area contributed by atoms with E-state index < -0.39 is 0 Å². The Morgan fingerprint density at radius 2 is 2.23 bits per heavy atom. The molecule has 0 spiro atoms. The van der Waals surface area contributed by atoms with E-state index in [9.17, 15) is 0 Å². The molecule has 13 heavy (non-hydrogen) atoms. The Morgan fingerprint density at radius 3 is 2.62 bits per heavy atom. The van der Waals surface area contributed by atoms with Gasteiger partial charge in [-0.1, -0.05) is 6.92 Å². The lowest BCUT2D eigenvalue weighted by Crippen LogP contribution is -1.90. The molecule has 0 aliphatic rings. The Balaban J connectivity index is 0.000000145. The first-order valence-corrected chi connectivity index (χ1v) is 4.32. The SMILES string of the molecule is CCCn1ccnc1.c1c[nH]cn1. The van der Waals surface area contributed by atoms with Crippen LogP contribution in [0.15, 0.2) is 37.4 Å². The van der Waals surface area contributed by atoms with Crippen molar-refractivity contribution in [2.75, 3.05) is 0 Å².